The zero-order valence-corrected chi connectivity index (χ0v) is 10.8. The highest BCUT2D eigenvalue weighted by Crippen LogP contribution is 2.24. The Labute approximate surface area is 115 Å². The number of phenols is 2. The van der Waals surface area contributed by atoms with Gasteiger partial charge in [0.15, 0.2) is 0 Å². The summed E-state index contributed by atoms with van der Waals surface area (Å²) in [5.74, 6) is -0.287. The molecule has 6 N–H and O–H groups in total. The van der Waals surface area contributed by atoms with E-state index in [0.29, 0.717) is 11.4 Å². The third-order valence-electron chi connectivity index (χ3n) is 2.62. The van der Waals surface area contributed by atoms with Crippen LogP contribution in [0.4, 0.5) is 21.9 Å². The SMILES string of the molecule is Cc1ccc(NC(=O)Nc2cc(O)cc(O)c2)c(N)c1. The van der Waals surface area contributed by atoms with E-state index in [-0.39, 0.29) is 17.2 Å². The molecule has 104 valence electrons. The summed E-state index contributed by atoms with van der Waals surface area (Å²) < 4.78 is 0. The Balaban J connectivity index is 2.09. The van der Waals surface area contributed by atoms with Crippen molar-refractivity contribution in [2.24, 2.45) is 0 Å². The van der Waals surface area contributed by atoms with Gasteiger partial charge in [0.05, 0.1) is 11.4 Å². The van der Waals surface area contributed by atoms with E-state index in [2.05, 4.69) is 10.6 Å². The molecule has 0 saturated heterocycles. The summed E-state index contributed by atoms with van der Waals surface area (Å²) in [5.41, 5.74) is 7.99. The Kier molecular flexibility index (Phi) is 3.65. The summed E-state index contributed by atoms with van der Waals surface area (Å²) in [6.45, 7) is 1.90. The number of anilines is 3. The van der Waals surface area contributed by atoms with Crippen LogP contribution < -0.4 is 16.4 Å². The van der Waals surface area contributed by atoms with Crippen LogP contribution in [0, 0.1) is 6.92 Å². The van der Waals surface area contributed by atoms with Crippen molar-refractivity contribution in [2.75, 3.05) is 16.4 Å². The minimum atomic E-state index is -0.523. The lowest BCUT2D eigenvalue weighted by Crippen LogP contribution is -2.20. The average molecular weight is 273 g/mol. The highest BCUT2D eigenvalue weighted by atomic mass is 16.3. The molecule has 0 bridgehead atoms. The molecule has 0 radical (unpaired) electrons. The van der Waals surface area contributed by atoms with Gasteiger partial charge in [0.25, 0.3) is 0 Å². The fraction of sp³-hybridized carbons (Fsp3) is 0.0714. The maximum atomic E-state index is 11.8. The van der Waals surface area contributed by atoms with Crippen LogP contribution in [0.15, 0.2) is 36.4 Å². The number of rotatable bonds is 2. The molecule has 6 nitrogen and oxygen atoms in total. The molecule has 0 aromatic heterocycles. The summed E-state index contributed by atoms with van der Waals surface area (Å²) >= 11 is 0. The third-order valence-corrected chi connectivity index (χ3v) is 2.62. The Hall–Kier alpha value is -2.89. The van der Waals surface area contributed by atoms with Crippen LogP contribution in [0.3, 0.4) is 0 Å². The second-order valence-electron chi connectivity index (χ2n) is 4.41. The molecule has 0 atom stereocenters. The smallest absolute Gasteiger partial charge is 0.323 e. The van der Waals surface area contributed by atoms with E-state index in [9.17, 15) is 15.0 Å². The normalized spacial score (nSPS) is 10.1. The number of benzene rings is 2. The lowest BCUT2D eigenvalue weighted by atomic mass is 10.2. The lowest BCUT2D eigenvalue weighted by Gasteiger charge is -2.10. The van der Waals surface area contributed by atoms with Crippen LogP contribution in [0.2, 0.25) is 0 Å². The topological polar surface area (TPSA) is 108 Å². The van der Waals surface area contributed by atoms with Crippen LogP contribution in [-0.2, 0) is 0 Å². The molecule has 0 aliphatic heterocycles. The van der Waals surface area contributed by atoms with Crippen LogP contribution >= 0.6 is 0 Å². The van der Waals surface area contributed by atoms with Crippen molar-refractivity contribution in [3.63, 3.8) is 0 Å². The standard InChI is InChI=1S/C14H15N3O3/c1-8-2-3-13(12(15)4-8)17-14(20)16-9-5-10(18)7-11(19)6-9/h2-7,18-19H,15H2,1H3,(H2,16,17,20). The number of carbonyl (C=O) groups excluding carboxylic acids is 1. The van der Waals surface area contributed by atoms with Gasteiger partial charge in [-0.15, -0.1) is 0 Å². The van der Waals surface area contributed by atoms with E-state index in [4.69, 9.17) is 5.73 Å². The summed E-state index contributed by atoms with van der Waals surface area (Å²) in [7, 11) is 0. The van der Waals surface area contributed by atoms with Crippen LogP contribution in [0.25, 0.3) is 0 Å². The number of hydrogen-bond donors (Lipinski definition) is 5. The lowest BCUT2D eigenvalue weighted by molar-refractivity contribution is 0.262. The molecule has 2 rings (SSSR count). The highest BCUT2D eigenvalue weighted by molar-refractivity contribution is 6.01. The first-order valence-electron chi connectivity index (χ1n) is 5.91. The third kappa shape index (κ3) is 3.32. The predicted octanol–water partition coefficient (Wildman–Crippen LogP) is 2.63. The number of carbonyl (C=O) groups is 1. The number of aromatic hydroxyl groups is 2. The molecular weight excluding hydrogens is 258 g/mol. The summed E-state index contributed by atoms with van der Waals surface area (Å²) in [6, 6.07) is 8.55. The molecule has 0 aliphatic rings. The molecule has 2 aromatic rings. The quantitative estimate of drug-likeness (QED) is 0.542. The molecule has 0 fully saturated rings. The van der Waals surface area contributed by atoms with E-state index < -0.39 is 6.03 Å². The first-order chi connectivity index (χ1) is 9.44. The average Bonchev–Trinajstić information content (AvgIpc) is 2.31. The first kappa shape index (κ1) is 13.5. The maximum Gasteiger partial charge on any atom is 0.323 e. The van der Waals surface area contributed by atoms with E-state index in [1.54, 1.807) is 12.1 Å². The van der Waals surface area contributed by atoms with E-state index in [1.165, 1.54) is 18.2 Å². The number of nitrogens with one attached hydrogen (secondary N) is 2. The molecule has 0 aliphatic carbocycles. The summed E-state index contributed by atoms with van der Waals surface area (Å²) in [6.07, 6.45) is 0. The Morgan fingerprint density at radius 3 is 2.30 bits per heavy atom. The van der Waals surface area contributed by atoms with Gasteiger partial charge in [-0.3, -0.25) is 0 Å². The van der Waals surface area contributed by atoms with Gasteiger partial charge in [-0.2, -0.15) is 0 Å². The van der Waals surface area contributed by atoms with Crippen molar-refractivity contribution in [3.05, 3.63) is 42.0 Å². The van der Waals surface area contributed by atoms with Gasteiger partial charge in [0.2, 0.25) is 0 Å². The number of nitrogens with two attached hydrogens (primary N) is 1. The van der Waals surface area contributed by atoms with Crippen molar-refractivity contribution in [1.82, 2.24) is 0 Å². The fourth-order valence-electron chi connectivity index (χ4n) is 1.75. The van der Waals surface area contributed by atoms with Crippen LogP contribution in [0.5, 0.6) is 11.5 Å². The monoisotopic (exact) mass is 273 g/mol. The van der Waals surface area contributed by atoms with Crippen molar-refractivity contribution >= 4 is 23.1 Å². The number of nitrogen functional groups attached to an aromatic ring is 1. The van der Waals surface area contributed by atoms with Gasteiger partial charge in [-0.05, 0) is 24.6 Å². The predicted molar refractivity (Wildman–Crippen MR) is 78.0 cm³/mol. The van der Waals surface area contributed by atoms with Gasteiger partial charge in [-0.1, -0.05) is 6.07 Å². The van der Waals surface area contributed by atoms with Crippen molar-refractivity contribution < 1.29 is 15.0 Å². The van der Waals surface area contributed by atoms with Gasteiger partial charge in [-0.25, -0.2) is 4.79 Å². The Morgan fingerprint density at radius 1 is 1.05 bits per heavy atom. The molecule has 0 saturated carbocycles. The van der Waals surface area contributed by atoms with Gasteiger partial charge in [0.1, 0.15) is 11.5 Å². The van der Waals surface area contributed by atoms with E-state index >= 15 is 0 Å². The molecular formula is C14H15N3O3. The van der Waals surface area contributed by atoms with Crippen LogP contribution in [-0.4, -0.2) is 16.2 Å². The number of amides is 2. The van der Waals surface area contributed by atoms with Gasteiger partial charge >= 0.3 is 6.03 Å². The summed E-state index contributed by atoms with van der Waals surface area (Å²) in [4.78, 5) is 11.8. The number of urea groups is 1. The molecule has 0 heterocycles. The van der Waals surface area contributed by atoms with Crippen molar-refractivity contribution in [1.29, 1.82) is 0 Å². The maximum absolute atomic E-state index is 11.8. The minimum absolute atomic E-state index is 0.143. The van der Waals surface area contributed by atoms with E-state index in [0.717, 1.165) is 5.56 Å². The molecule has 0 spiro atoms. The first-order valence-corrected chi connectivity index (χ1v) is 5.91. The zero-order chi connectivity index (χ0) is 14.7. The van der Waals surface area contributed by atoms with Gasteiger partial charge < -0.3 is 26.6 Å². The molecule has 6 heteroatoms. The zero-order valence-electron chi connectivity index (χ0n) is 10.8. The molecule has 2 amide bonds. The number of aryl methyl sites for hydroxylation is 1. The molecule has 2 aromatic carbocycles. The molecule has 20 heavy (non-hydrogen) atoms. The number of phenolic OH excluding ortho intramolecular Hbond substituents is 2. The Morgan fingerprint density at radius 2 is 1.70 bits per heavy atom. The highest BCUT2D eigenvalue weighted by Gasteiger charge is 2.07. The fourth-order valence-corrected chi connectivity index (χ4v) is 1.75. The number of hydrogen-bond acceptors (Lipinski definition) is 4. The molecule has 0 unspecified atom stereocenters. The van der Waals surface area contributed by atoms with Crippen LogP contribution in [0.1, 0.15) is 5.56 Å². The minimum Gasteiger partial charge on any atom is -0.508 e. The van der Waals surface area contributed by atoms with Crippen molar-refractivity contribution in [3.8, 4) is 11.5 Å². The van der Waals surface area contributed by atoms with Crippen molar-refractivity contribution in [2.45, 2.75) is 6.92 Å². The Bertz CT molecular complexity index is 636. The largest absolute Gasteiger partial charge is 0.508 e. The van der Waals surface area contributed by atoms with Gasteiger partial charge in [0, 0.05) is 23.9 Å². The second kappa shape index (κ2) is 5.40. The summed E-state index contributed by atoms with van der Waals surface area (Å²) in [5, 5.41) is 23.7. The van der Waals surface area contributed by atoms with E-state index in [1.807, 2.05) is 13.0 Å². The second-order valence-corrected chi connectivity index (χ2v) is 4.41.